The highest BCUT2D eigenvalue weighted by atomic mass is 35.5. The van der Waals surface area contributed by atoms with E-state index in [4.69, 9.17) is 26.8 Å². The lowest BCUT2D eigenvalue weighted by molar-refractivity contribution is -0.0124. The minimum atomic E-state index is -0.146. The van der Waals surface area contributed by atoms with E-state index in [1.54, 1.807) is 7.11 Å². The summed E-state index contributed by atoms with van der Waals surface area (Å²) in [5.74, 6) is 0. The molecule has 0 unspecified atom stereocenters. The molecule has 0 aromatic heterocycles. The molecule has 18 heavy (non-hydrogen) atoms. The summed E-state index contributed by atoms with van der Waals surface area (Å²) < 4.78 is 10.9. The maximum Gasteiger partial charge on any atom is 0.0731 e. The highest BCUT2D eigenvalue weighted by Gasteiger charge is 2.15. The summed E-state index contributed by atoms with van der Waals surface area (Å²) in [6, 6.07) is 5.83. The number of ether oxygens (including phenoxy) is 2. The molecule has 2 N–H and O–H groups in total. The summed E-state index contributed by atoms with van der Waals surface area (Å²) in [6.07, 6.45) is 0.849. The monoisotopic (exact) mass is 271 g/mol. The molecule has 0 heterocycles. The van der Waals surface area contributed by atoms with Gasteiger partial charge in [0.05, 0.1) is 12.2 Å². The standard InChI is InChI=1S/C14H22ClNO2/c1-14(2,17-3)6-7-18-10-12-5-4-11(9-16)8-13(12)15/h4-5,8H,6-7,9-10,16H2,1-3H3. The lowest BCUT2D eigenvalue weighted by Gasteiger charge is -2.22. The van der Waals surface area contributed by atoms with Crippen LogP contribution in [0.1, 0.15) is 31.4 Å². The molecular weight excluding hydrogens is 250 g/mol. The zero-order valence-electron chi connectivity index (χ0n) is 11.3. The van der Waals surface area contributed by atoms with Crippen LogP contribution in [-0.2, 0) is 22.6 Å². The molecule has 0 spiro atoms. The Morgan fingerprint density at radius 2 is 2.06 bits per heavy atom. The van der Waals surface area contributed by atoms with Crippen molar-refractivity contribution in [2.45, 2.75) is 39.0 Å². The quantitative estimate of drug-likeness (QED) is 0.775. The number of hydrogen-bond donors (Lipinski definition) is 1. The Morgan fingerprint density at radius 3 is 2.61 bits per heavy atom. The van der Waals surface area contributed by atoms with Crippen molar-refractivity contribution in [2.75, 3.05) is 13.7 Å². The van der Waals surface area contributed by atoms with E-state index in [0.717, 1.165) is 17.5 Å². The van der Waals surface area contributed by atoms with Crippen molar-refractivity contribution in [3.05, 3.63) is 34.3 Å². The third kappa shape index (κ3) is 4.94. The molecule has 0 bridgehead atoms. The summed E-state index contributed by atoms with van der Waals surface area (Å²) in [4.78, 5) is 0. The number of methoxy groups -OCH3 is 1. The molecule has 0 saturated carbocycles. The van der Waals surface area contributed by atoms with Gasteiger partial charge in [0.25, 0.3) is 0 Å². The smallest absolute Gasteiger partial charge is 0.0731 e. The first-order valence-electron chi connectivity index (χ1n) is 6.09. The fourth-order valence-corrected chi connectivity index (χ4v) is 1.69. The fourth-order valence-electron chi connectivity index (χ4n) is 1.44. The first kappa shape index (κ1) is 15.4. The number of nitrogens with two attached hydrogens (primary N) is 1. The Morgan fingerprint density at radius 1 is 1.33 bits per heavy atom. The van der Waals surface area contributed by atoms with E-state index < -0.39 is 0 Å². The molecule has 4 heteroatoms. The molecule has 0 saturated heterocycles. The Kier molecular flexibility index (Phi) is 6.09. The van der Waals surface area contributed by atoms with Crippen LogP contribution in [0, 0.1) is 0 Å². The Hall–Kier alpha value is -0.610. The highest BCUT2D eigenvalue weighted by molar-refractivity contribution is 6.31. The van der Waals surface area contributed by atoms with Crippen molar-refractivity contribution < 1.29 is 9.47 Å². The Balaban J connectivity index is 2.40. The third-order valence-electron chi connectivity index (χ3n) is 3.01. The van der Waals surface area contributed by atoms with Gasteiger partial charge < -0.3 is 15.2 Å². The first-order valence-corrected chi connectivity index (χ1v) is 6.46. The van der Waals surface area contributed by atoms with Crippen LogP contribution in [0.2, 0.25) is 5.02 Å². The van der Waals surface area contributed by atoms with Crippen LogP contribution in [0.15, 0.2) is 18.2 Å². The summed E-state index contributed by atoms with van der Waals surface area (Å²) >= 11 is 6.14. The van der Waals surface area contributed by atoms with Gasteiger partial charge in [-0.1, -0.05) is 23.7 Å². The molecule has 0 aliphatic rings. The van der Waals surface area contributed by atoms with Crippen LogP contribution in [-0.4, -0.2) is 19.3 Å². The summed E-state index contributed by atoms with van der Waals surface area (Å²) in [6.45, 7) is 5.75. The molecule has 1 aromatic rings. The molecule has 0 radical (unpaired) electrons. The van der Waals surface area contributed by atoms with Gasteiger partial charge in [0.15, 0.2) is 0 Å². The van der Waals surface area contributed by atoms with Gasteiger partial charge in [0, 0.05) is 25.3 Å². The molecule has 0 fully saturated rings. The third-order valence-corrected chi connectivity index (χ3v) is 3.36. The van der Waals surface area contributed by atoms with E-state index in [1.807, 2.05) is 32.0 Å². The maximum atomic E-state index is 6.14. The summed E-state index contributed by atoms with van der Waals surface area (Å²) in [5, 5.41) is 0.712. The molecule has 0 aliphatic carbocycles. The summed E-state index contributed by atoms with van der Waals surface area (Å²) in [5.41, 5.74) is 7.43. The number of rotatable bonds is 7. The van der Waals surface area contributed by atoms with Crippen LogP contribution < -0.4 is 5.73 Å². The number of halogens is 1. The minimum absolute atomic E-state index is 0.146. The molecule has 1 rings (SSSR count). The largest absolute Gasteiger partial charge is 0.379 e. The molecule has 3 nitrogen and oxygen atoms in total. The molecule has 102 valence electrons. The molecule has 0 atom stereocenters. The predicted molar refractivity (Wildman–Crippen MR) is 74.7 cm³/mol. The number of benzene rings is 1. The van der Waals surface area contributed by atoms with Crippen LogP contribution in [0.3, 0.4) is 0 Å². The van der Waals surface area contributed by atoms with E-state index in [0.29, 0.717) is 24.8 Å². The van der Waals surface area contributed by atoms with Crippen LogP contribution in [0.4, 0.5) is 0 Å². The van der Waals surface area contributed by atoms with Gasteiger partial charge in [-0.2, -0.15) is 0 Å². The first-order chi connectivity index (χ1) is 8.48. The van der Waals surface area contributed by atoms with Crippen LogP contribution >= 0.6 is 11.6 Å². The normalized spacial score (nSPS) is 11.8. The van der Waals surface area contributed by atoms with Gasteiger partial charge in [0.1, 0.15) is 0 Å². The van der Waals surface area contributed by atoms with Crippen molar-refractivity contribution in [3.63, 3.8) is 0 Å². The van der Waals surface area contributed by atoms with Crippen molar-refractivity contribution in [2.24, 2.45) is 5.73 Å². The van der Waals surface area contributed by atoms with E-state index >= 15 is 0 Å². The molecule has 0 amide bonds. The van der Waals surface area contributed by atoms with E-state index in [1.165, 1.54) is 0 Å². The molecule has 0 aliphatic heterocycles. The van der Waals surface area contributed by atoms with Gasteiger partial charge in [0.2, 0.25) is 0 Å². The Labute approximate surface area is 114 Å². The number of hydrogen-bond acceptors (Lipinski definition) is 3. The lowest BCUT2D eigenvalue weighted by Crippen LogP contribution is -2.24. The highest BCUT2D eigenvalue weighted by Crippen LogP contribution is 2.19. The van der Waals surface area contributed by atoms with Gasteiger partial charge >= 0.3 is 0 Å². The summed E-state index contributed by atoms with van der Waals surface area (Å²) in [7, 11) is 1.71. The average molecular weight is 272 g/mol. The minimum Gasteiger partial charge on any atom is -0.379 e. The second-order valence-electron chi connectivity index (χ2n) is 4.90. The van der Waals surface area contributed by atoms with Crippen molar-refractivity contribution in [1.82, 2.24) is 0 Å². The second-order valence-corrected chi connectivity index (χ2v) is 5.30. The lowest BCUT2D eigenvalue weighted by atomic mass is 10.1. The SMILES string of the molecule is COC(C)(C)CCOCc1ccc(CN)cc1Cl. The zero-order chi connectivity index (χ0) is 13.6. The Bertz CT molecular complexity index is 380. The van der Waals surface area contributed by atoms with Crippen molar-refractivity contribution in [1.29, 1.82) is 0 Å². The maximum absolute atomic E-state index is 6.14. The van der Waals surface area contributed by atoms with Gasteiger partial charge in [-0.15, -0.1) is 0 Å². The van der Waals surface area contributed by atoms with Crippen LogP contribution in [0.5, 0.6) is 0 Å². The van der Waals surface area contributed by atoms with Crippen molar-refractivity contribution in [3.8, 4) is 0 Å². The van der Waals surface area contributed by atoms with E-state index in [-0.39, 0.29) is 5.60 Å². The van der Waals surface area contributed by atoms with Crippen LogP contribution in [0.25, 0.3) is 0 Å². The zero-order valence-corrected chi connectivity index (χ0v) is 12.1. The topological polar surface area (TPSA) is 44.5 Å². The molecule has 1 aromatic carbocycles. The van der Waals surface area contributed by atoms with Gasteiger partial charge in [-0.25, -0.2) is 0 Å². The van der Waals surface area contributed by atoms with Gasteiger partial charge in [-0.05, 0) is 37.5 Å². The van der Waals surface area contributed by atoms with E-state index in [2.05, 4.69) is 0 Å². The van der Waals surface area contributed by atoms with Crippen molar-refractivity contribution >= 4 is 11.6 Å². The van der Waals surface area contributed by atoms with E-state index in [9.17, 15) is 0 Å². The average Bonchev–Trinajstić information content (AvgIpc) is 2.36. The fraction of sp³-hybridized carbons (Fsp3) is 0.571. The molecular formula is C14H22ClNO2. The van der Waals surface area contributed by atoms with Gasteiger partial charge in [-0.3, -0.25) is 0 Å². The second kappa shape index (κ2) is 7.10. The predicted octanol–water partition coefficient (Wildman–Crippen LogP) is 3.13.